The van der Waals surface area contributed by atoms with E-state index in [4.69, 9.17) is 14.3 Å². The second-order valence-electron chi connectivity index (χ2n) is 6.87. The first-order valence-corrected chi connectivity index (χ1v) is 8.80. The van der Waals surface area contributed by atoms with Gasteiger partial charge in [0.05, 0.1) is 19.2 Å². The fourth-order valence-corrected chi connectivity index (χ4v) is 3.20. The van der Waals surface area contributed by atoms with Gasteiger partial charge >= 0.3 is 5.97 Å². The van der Waals surface area contributed by atoms with E-state index in [2.05, 4.69) is 0 Å². The first-order chi connectivity index (χ1) is 12.4. The van der Waals surface area contributed by atoms with Crippen molar-refractivity contribution in [1.82, 2.24) is 5.06 Å². The molecule has 138 valence electrons. The van der Waals surface area contributed by atoms with Gasteiger partial charge in [-0.1, -0.05) is 60.7 Å². The van der Waals surface area contributed by atoms with Crippen LogP contribution in [-0.2, 0) is 25.7 Å². The van der Waals surface area contributed by atoms with Crippen molar-refractivity contribution in [3.8, 4) is 0 Å². The number of hydroxylamine groups is 2. The van der Waals surface area contributed by atoms with E-state index in [-0.39, 0.29) is 18.1 Å². The molecule has 26 heavy (non-hydrogen) atoms. The van der Waals surface area contributed by atoms with E-state index in [0.29, 0.717) is 13.2 Å². The van der Waals surface area contributed by atoms with Crippen LogP contribution in [0.2, 0.25) is 0 Å². The van der Waals surface area contributed by atoms with Gasteiger partial charge in [-0.25, -0.2) is 0 Å². The van der Waals surface area contributed by atoms with Gasteiger partial charge in [-0.15, -0.1) is 5.06 Å². The van der Waals surface area contributed by atoms with Crippen LogP contribution in [0, 0.1) is 0 Å². The number of benzene rings is 2. The van der Waals surface area contributed by atoms with Gasteiger partial charge in [-0.2, -0.15) is 0 Å². The molecule has 2 atom stereocenters. The molecular weight excluding hydrogens is 330 g/mol. The predicted molar refractivity (Wildman–Crippen MR) is 97.8 cm³/mol. The van der Waals surface area contributed by atoms with E-state index in [1.165, 1.54) is 6.92 Å². The maximum absolute atomic E-state index is 11.8. The molecule has 5 nitrogen and oxygen atoms in total. The molecular formula is C21H25NO4. The summed E-state index contributed by atoms with van der Waals surface area (Å²) in [5.41, 5.74) is 2.06. The van der Waals surface area contributed by atoms with Gasteiger partial charge in [-0.05, 0) is 25.0 Å². The third kappa shape index (κ3) is 4.69. The van der Waals surface area contributed by atoms with Crippen LogP contribution in [0.1, 0.15) is 37.9 Å². The zero-order valence-electron chi connectivity index (χ0n) is 15.4. The summed E-state index contributed by atoms with van der Waals surface area (Å²) in [5, 5.41) is 1.70. The largest absolute Gasteiger partial charge is 0.367 e. The summed E-state index contributed by atoms with van der Waals surface area (Å²) in [6.45, 7) is 6.08. The third-order valence-electron chi connectivity index (χ3n) is 4.26. The van der Waals surface area contributed by atoms with E-state index >= 15 is 0 Å². The topological polar surface area (TPSA) is 48.0 Å². The van der Waals surface area contributed by atoms with Crippen LogP contribution in [0.5, 0.6) is 0 Å². The summed E-state index contributed by atoms with van der Waals surface area (Å²) >= 11 is 0. The van der Waals surface area contributed by atoms with Crippen molar-refractivity contribution >= 4 is 5.97 Å². The lowest BCUT2D eigenvalue weighted by Gasteiger charge is -2.33. The van der Waals surface area contributed by atoms with Crippen LogP contribution in [-0.4, -0.2) is 29.5 Å². The molecule has 3 rings (SSSR count). The molecule has 0 bridgehead atoms. The highest BCUT2D eigenvalue weighted by molar-refractivity contribution is 5.65. The molecule has 1 aliphatic rings. The fraction of sp³-hybridized carbons (Fsp3) is 0.381. The Kier molecular flexibility index (Phi) is 5.71. The van der Waals surface area contributed by atoms with Gasteiger partial charge in [0.25, 0.3) is 0 Å². The number of hydrogen-bond donors (Lipinski definition) is 0. The van der Waals surface area contributed by atoms with Crippen LogP contribution < -0.4 is 0 Å². The highest BCUT2D eigenvalue weighted by Gasteiger charge is 2.41. The fourth-order valence-electron chi connectivity index (χ4n) is 3.20. The minimum atomic E-state index is -0.660. The summed E-state index contributed by atoms with van der Waals surface area (Å²) in [6, 6.07) is 19.6. The van der Waals surface area contributed by atoms with E-state index in [0.717, 1.165) is 11.1 Å². The molecule has 0 unspecified atom stereocenters. The van der Waals surface area contributed by atoms with Crippen LogP contribution in [0.4, 0.5) is 0 Å². The van der Waals surface area contributed by atoms with Crippen molar-refractivity contribution in [2.45, 2.75) is 45.2 Å². The SMILES string of the molecule is CC(=O)ON(Cc1ccccc1)[C@H](c1ccccc1)[C@H]1COC(C)(C)O1. The molecule has 2 aromatic rings. The Labute approximate surface area is 154 Å². The molecule has 1 heterocycles. The van der Waals surface area contributed by atoms with Crippen molar-refractivity contribution in [2.75, 3.05) is 6.61 Å². The lowest BCUT2D eigenvalue weighted by atomic mass is 10.0. The Morgan fingerprint density at radius 3 is 2.31 bits per heavy atom. The third-order valence-corrected chi connectivity index (χ3v) is 4.26. The summed E-state index contributed by atoms with van der Waals surface area (Å²) in [7, 11) is 0. The molecule has 5 heteroatoms. The Balaban J connectivity index is 1.94. The van der Waals surface area contributed by atoms with Gasteiger partial charge in [0.2, 0.25) is 0 Å². The molecule has 0 spiro atoms. The molecule has 1 fully saturated rings. The highest BCUT2D eigenvalue weighted by atomic mass is 16.8. The van der Waals surface area contributed by atoms with Crippen molar-refractivity contribution in [1.29, 1.82) is 0 Å². The normalized spacial score (nSPS) is 20.1. The molecule has 0 aliphatic carbocycles. The molecule has 1 aliphatic heterocycles. The second kappa shape index (κ2) is 7.99. The van der Waals surface area contributed by atoms with Crippen LogP contribution in [0.15, 0.2) is 60.7 Å². The summed E-state index contributed by atoms with van der Waals surface area (Å²) in [6.07, 6.45) is -0.254. The van der Waals surface area contributed by atoms with E-state index in [1.54, 1.807) is 5.06 Å². The monoisotopic (exact) mass is 355 g/mol. The van der Waals surface area contributed by atoms with Crippen LogP contribution in [0.25, 0.3) is 0 Å². The lowest BCUT2D eigenvalue weighted by Crippen LogP contribution is -2.39. The van der Waals surface area contributed by atoms with Gasteiger partial charge in [0.1, 0.15) is 6.10 Å². The quantitative estimate of drug-likeness (QED) is 0.737. The number of hydrogen-bond acceptors (Lipinski definition) is 5. The highest BCUT2D eigenvalue weighted by Crippen LogP contribution is 2.35. The molecule has 2 aromatic carbocycles. The average Bonchev–Trinajstić information content (AvgIpc) is 2.96. The van der Waals surface area contributed by atoms with E-state index in [9.17, 15) is 4.79 Å². The molecule has 0 amide bonds. The zero-order chi connectivity index (χ0) is 18.6. The Bertz CT molecular complexity index is 717. The number of carbonyl (C=O) groups is 1. The van der Waals surface area contributed by atoms with Crippen LogP contribution in [0.3, 0.4) is 0 Å². The average molecular weight is 355 g/mol. The van der Waals surface area contributed by atoms with Crippen LogP contribution >= 0.6 is 0 Å². The number of nitrogens with zero attached hydrogens (tertiary/aromatic N) is 1. The van der Waals surface area contributed by atoms with Crippen molar-refractivity contribution in [2.24, 2.45) is 0 Å². The van der Waals surface area contributed by atoms with Gasteiger partial charge in [0, 0.05) is 6.92 Å². The van der Waals surface area contributed by atoms with E-state index in [1.807, 2.05) is 74.5 Å². The second-order valence-corrected chi connectivity index (χ2v) is 6.87. The molecule has 0 aromatic heterocycles. The van der Waals surface area contributed by atoms with Crippen molar-refractivity contribution < 1.29 is 19.1 Å². The Morgan fingerprint density at radius 2 is 1.77 bits per heavy atom. The first kappa shape index (κ1) is 18.6. The predicted octanol–water partition coefficient (Wildman–Crippen LogP) is 3.86. The molecule has 0 radical (unpaired) electrons. The Hall–Kier alpha value is -2.21. The zero-order valence-corrected chi connectivity index (χ0v) is 15.4. The summed E-state index contributed by atoms with van der Waals surface area (Å²) in [4.78, 5) is 17.4. The smallest absolute Gasteiger partial charge is 0.322 e. The number of carbonyl (C=O) groups excluding carboxylic acids is 1. The maximum Gasteiger partial charge on any atom is 0.322 e. The molecule has 0 saturated carbocycles. The summed E-state index contributed by atoms with van der Waals surface area (Å²) in [5.74, 6) is -1.02. The van der Waals surface area contributed by atoms with Crippen molar-refractivity contribution in [3.05, 3.63) is 71.8 Å². The first-order valence-electron chi connectivity index (χ1n) is 8.80. The molecule has 1 saturated heterocycles. The van der Waals surface area contributed by atoms with Gasteiger partial charge in [0.15, 0.2) is 5.79 Å². The number of rotatable bonds is 6. The van der Waals surface area contributed by atoms with Gasteiger partial charge < -0.3 is 14.3 Å². The summed E-state index contributed by atoms with van der Waals surface area (Å²) < 4.78 is 11.9. The van der Waals surface area contributed by atoms with E-state index < -0.39 is 5.79 Å². The number of ether oxygens (including phenoxy) is 2. The minimum Gasteiger partial charge on any atom is -0.367 e. The standard InChI is InChI=1S/C21H25NO4/c1-16(23)26-22(14-17-10-6-4-7-11-17)20(18-12-8-5-9-13-18)19-15-24-21(2,3)25-19/h4-13,19-20H,14-15H2,1-3H3/t19-,20-/m1/s1. The van der Waals surface area contributed by atoms with Crippen molar-refractivity contribution in [3.63, 3.8) is 0 Å². The minimum absolute atomic E-state index is 0.254. The molecule has 0 N–H and O–H groups in total. The Morgan fingerprint density at radius 1 is 1.15 bits per heavy atom. The maximum atomic E-state index is 11.8. The van der Waals surface area contributed by atoms with Gasteiger partial charge in [-0.3, -0.25) is 4.79 Å². The lowest BCUT2D eigenvalue weighted by molar-refractivity contribution is -0.222.